The Morgan fingerprint density at radius 2 is 2.08 bits per heavy atom. The number of urea groups is 1. The minimum atomic E-state index is -0.220. The van der Waals surface area contributed by atoms with E-state index in [2.05, 4.69) is 36.3 Å². The molecule has 5 heterocycles. The molecule has 0 saturated carbocycles. The fourth-order valence-corrected chi connectivity index (χ4v) is 6.81. The lowest BCUT2D eigenvalue weighted by Gasteiger charge is -2.16. The zero-order chi connectivity index (χ0) is 25.6. The number of rotatable bonds is 13. The van der Waals surface area contributed by atoms with E-state index >= 15 is 0 Å². The maximum atomic E-state index is 12.2. The van der Waals surface area contributed by atoms with Crippen molar-refractivity contribution in [2.24, 2.45) is 0 Å². The van der Waals surface area contributed by atoms with Crippen LogP contribution < -0.4 is 21.3 Å². The number of fused-ring (bicyclic) bond motifs is 2. The number of aliphatic hydroxyl groups is 1. The molecule has 37 heavy (non-hydrogen) atoms. The Morgan fingerprint density at radius 1 is 1.19 bits per heavy atom. The predicted molar refractivity (Wildman–Crippen MR) is 140 cm³/mol. The van der Waals surface area contributed by atoms with Crippen LogP contribution in [0.25, 0.3) is 11.0 Å². The molecule has 1 unspecified atom stereocenters. The van der Waals surface area contributed by atoms with Crippen LogP contribution in [0.2, 0.25) is 0 Å². The maximum absolute atomic E-state index is 12.2. The fraction of sp³-hybridized carbons (Fsp3) is 0.708. The second-order valence-electron chi connectivity index (χ2n) is 9.87. The number of carbonyl (C=O) groups excluding carboxylic acids is 2. The molecule has 3 fully saturated rings. The van der Waals surface area contributed by atoms with E-state index in [-0.39, 0.29) is 43.0 Å². The Morgan fingerprint density at radius 3 is 2.95 bits per heavy atom. The number of nitrogens with zero attached hydrogens (tertiary/aromatic N) is 4. The van der Waals surface area contributed by atoms with Gasteiger partial charge in [-0.15, -0.1) is 0 Å². The first-order chi connectivity index (χ1) is 18.1. The standard InChI is InChI=1S/C24H36N8O4S/c33-12-15-7-8-20(36-15)32-23-16(11-29-32)22(27-14-28-23)26-10-4-3-9-25-19(34)6-2-1-5-18-21-17(13-37-18)30-24(35)31-21/h11,14-15,17-18,20-21,33H,1-10,12-13H2,(H,25,34)(H,26,27,28)(H2,30,31,35)/t15-,17-,18?,20-,21-/m0/s1. The summed E-state index contributed by atoms with van der Waals surface area (Å²) < 4.78 is 7.60. The van der Waals surface area contributed by atoms with E-state index in [0.29, 0.717) is 23.9 Å². The zero-order valence-corrected chi connectivity index (χ0v) is 21.7. The molecule has 5 atom stereocenters. The van der Waals surface area contributed by atoms with E-state index in [1.165, 1.54) is 6.33 Å². The number of ether oxygens (including phenoxy) is 1. The largest absolute Gasteiger partial charge is 0.394 e. The van der Waals surface area contributed by atoms with Crippen molar-refractivity contribution in [1.82, 2.24) is 35.7 Å². The Kier molecular flexibility index (Phi) is 8.62. The lowest BCUT2D eigenvalue weighted by molar-refractivity contribution is -0.121. The molecule has 2 aromatic rings. The molecule has 0 radical (unpaired) electrons. The van der Waals surface area contributed by atoms with Crippen LogP contribution in [0.4, 0.5) is 10.6 Å². The minimum Gasteiger partial charge on any atom is -0.394 e. The van der Waals surface area contributed by atoms with Crippen molar-refractivity contribution in [2.75, 3.05) is 30.8 Å². The summed E-state index contributed by atoms with van der Waals surface area (Å²) in [7, 11) is 0. The molecular weight excluding hydrogens is 496 g/mol. The molecule has 3 saturated heterocycles. The van der Waals surface area contributed by atoms with Crippen molar-refractivity contribution >= 4 is 40.6 Å². The van der Waals surface area contributed by atoms with Gasteiger partial charge in [0.05, 0.1) is 36.4 Å². The van der Waals surface area contributed by atoms with Gasteiger partial charge in [-0.3, -0.25) is 4.79 Å². The van der Waals surface area contributed by atoms with Crippen molar-refractivity contribution in [1.29, 1.82) is 0 Å². The van der Waals surface area contributed by atoms with Crippen molar-refractivity contribution in [3.05, 3.63) is 12.5 Å². The Hall–Kier alpha value is -2.64. The second-order valence-corrected chi connectivity index (χ2v) is 11.1. The van der Waals surface area contributed by atoms with Crippen molar-refractivity contribution in [3.63, 3.8) is 0 Å². The van der Waals surface area contributed by atoms with E-state index in [1.807, 2.05) is 11.8 Å². The molecule has 0 spiro atoms. The quantitative estimate of drug-likeness (QED) is 0.191. The molecule has 13 heteroatoms. The van der Waals surface area contributed by atoms with Crippen LogP contribution in [0.15, 0.2) is 12.5 Å². The Bertz CT molecular complexity index is 1080. The summed E-state index contributed by atoms with van der Waals surface area (Å²) in [6.07, 6.45) is 9.69. The van der Waals surface area contributed by atoms with E-state index in [4.69, 9.17) is 4.74 Å². The first-order valence-corrected chi connectivity index (χ1v) is 14.3. The maximum Gasteiger partial charge on any atom is 0.315 e. The van der Waals surface area contributed by atoms with Gasteiger partial charge in [0.1, 0.15) is 12.1 Å². The molecule has 3 amide bonds. The number of aliphatic hydroxyl groups excluding tert-OH is 1. The lowest BCUT2D eigenvalue weighted by Crippen LogP contribution is -2.36. The number of hydrogen-bond acceptors (Lipinski definition) is 9. The average Bonchev–Trinajstić information content (AvgIpc) is 3.68. The summed E-state index contributed by atoms with van der Waals surface area (Å²) in [5.74, 6) is 1.80. The van der Waals surface area contributed by atoms with E-state index < -0.39 is 0 Å². The van der Waals surface area contributed by atoms with Gasteiger partial charge >= 0.3 is 6.03 Å². The smallest absolute Gasteiger partial charge is 0.315 e. The van der Waals surface area contributed by atoms with Gasteiger partial charge in [0.15, 0.2) is 11.9 Å². The fourth-order valence-electron chi connectivity index (χ4n) is 5.26. The predicted octanol–water partition coefficient (Wildman–Crippen LogP) is 1.53. The van der Waals surface area contributed by atoms with E-state index in [0.717, 1.165) is 68.4 Å². The molecule has 0 aromatic carbocycles. The van der Waals surface area contributed by atoms with E-state index in [9.17, 15) is 14.7 Å². The van der Waals surface area contributed by atoms with Gasteiger partial charge in [-0.25, -0.2) is 19.4 Å². The van der Waals surface area contributed by atoms with Gasteiger partial charge in [-0.1, -0.05) is 6.42 Å². The monoisotopic (exact) mass is 532 g/mol. The second kappa shape index (κ2) is 12.3. The SMILES string of the molecule is O=C(CCCCC1SC[C@@H]2NC(=O)N[C@H]12)NCCCCNc1ncnc2c1cnn2[C@@H]1CC[C@@H](CO)O1. The molecule has 5 N–H and O–H groups in total. The molecule has 202 valence electrons. The Labute approximate surface area is 220 Å². The number of carbonyl (C=O) groups is 2. The normalized spacial score (nSPS) is 26.7. The number of unbranched alkanes of at least 4 members (excludes halogenated alkanes) is 2. The van der Waals surface area contributed by atoms with E-state index in [1.54, 1.807) is 10.9 Å². The van der Waals surface area contributed by atoms with Gasteiger partial charge in [-0.05, 0) is 38.5 Å². The van der Waals surface area contributed by atoms with Gasteiger partial charge in [0.25, 0.3) is 0 Å². The Balaban J connectivity index is 0.950. The molecule has 3 aliphatic rings. The van der Waals surface area contributed by atoms with Crippen LogP contribution in [-0.2, 0) is 9.53 Å². The van der Waals surface area contributed by atoms with Gasteiger partial charge in [-0.2, -0.15) is 16.9 Å². The highest BCUT2D eigenvalue weighted by Crippen LogP contribution is 2.33. The van der Waals surface area contributed by atoms with Crippen molar-refractivity contribution < 1.29 is 19.4 Å². The molecule has 12 nitrogen and oxygen atoms in total. The summed E-state index contributed by atoms with van der Waals surface area (Å²) in [5, 5.41) is 27.4. The first-order valence-electron chi connectivity index (χ1n) is 13.3. The van der Waals surface area contributed by atoms with Crippen LogP contribution in [0.5, 0.6) is 0 Å². The molecule has 2 aromatic heterocycles. The third kappa shape index (κ3) is 6.27. The number of aromatic nitrogens is 4. The molecule has 0 aliphatic carbocycles. The third-order valence-corrected chi connectivity index (χ3v) is 8.76. The van der Waals surface area contributed by atoms with Crippen molar-refractivity contribution in [2.45, 2.75) is 81.0 Å². The van der Waals surface area contributed by atoms with Crippen LogP contribution in [0, 0.1) is 0 Å². The van der Waals surface area contributed by atoms with Crippen LogP contribution in [-0.4, -0.2) is 85.7 Å². The van der Waals surface area contributed by atoms with Crippen LogP contribution >= 0.6 is 11.8 Å². The number of hydrogen-bond donors (Lipinski definition) is 5. The lowest BCUT2D eigenvalue weighted by atomic mass is 10.0. The summed E-state index contributed by atoms with van der Waals surface area (Å²) in [4.78, 5) is 32.4. The minimum absolute atomic E-state index is 0.0123. The third-order valence-electron chi connectivity index (χ3n) is 7.25. The molecule has 0 bridgehead atoms. The summed E-state index contributed by atoms with van der Waals surface area (Å²) in [6, 6.07) is 0.434. The highest BCUT2D eigenvalue weighted by molar-refractivity contribution is 8.00. The topological polar surface area (TPSA) is 155 Å². The van der Waals surface area contributed by atoms with Gasteiger partial charge < -0.3 is 31.1 Å². The molecular formula is C24H36N8O4S. The highest BCUT2D eigenvalue weighted by atomic mass is 32.2. The number of amides is 3. The summed E-state index contributed by atoms with van der Waals surface area (Å²) >= 11 is 1.91. The zero-order valence-electron chi connectivity index (χ0n) is 20.9. The molecule has 5 rings (SSSR count). The average molecular weight is 533 g/mol. The summed E-state index contributed by atoms with van der Waals surface area (Å²) in [6.45, 7) is 1.40. The number of thioether (sulfide) groups is 1. The first kappa shape index (κ1) is 26.0. The highest BCUT2D eigenvalue weighted by Gasteiger charge is 2.42. The number of nitrogens with one attached hydrogen (secondary N) is 4. The van der Waals surface area contributed by atoms with Gasteiger partial charge in [0, 0.05) is 30.5 Å². The number of anilines is 1. The van der Waals surface area contributed by atoms with Crippen LogP contribution in [0.3, 0.4) is 0 Å². The van der Waals surface area contributed by atoms with Crippen LogP contribution in [0.1, 0.15) is 57.6 Å². The van der Waals surface area contributed by atoms with Crippen molar-refractivity contribution in [3.8, 4) is 0 Å². The van der Waals surface area contributed by atoms with Gasteiger partial charge in [0.2, 0.25) is 5.91 Å². The molecule has 3 aliphatic heterocycles. The summed E-state index contributed by atoms with van der Waals surface area (Å²) in [5.41, 5.74) is 0.712.